The van der Waals surface area contributed by atoms with E-state index in [0.29, 0.717) is 29.4 Å². The number of amides is 1. The second kappa shape index (κ2) is 10.7. The summed E-state index contributed by atoms with van der Waals surface area (Å²) in [5, 5.41) is 12.9. The Balaban J connectivity index is 1.53. The first-order chi connectivity index (χ1) is 16.1. The van der Waals surface area contributed by atoms with E-state index < -0.39 is 0 Å². The van der Waals surface area contributed by atoms with Crippen LogP contribution in [0.3, 0.4) is 0 Å². The SMILES string of the molecule is CCCCn1c(=O)c2ccccc2n2c(SCC(=O)NCC(CC)c3ccccc3)nnc12. The zero-order chi connectivity index (χ0) is 23.2. The van der Waals surface area contributed by atoms with Crippen LogP contribution in [-0.4, -0.2) is 37.4 Å². The van der Waals surface area contributed by atoms with Gasteiger partial charge in [0.25, 0.3) is 5.56 Å². The molecule has 0 radical (unpaired) electrons. The average Bonchev–Trinajstić information content (AvgIpc) is 3.28. The van der Waals surface area contributed by atoms with Crippen LogP contribution in [0.15, 0.2) is 64.5 Å². The van der Waals surface area contributed by atoms with Crippen LogP contribution in [-0.2, 0) is 11.3 Å². The minimum absolute atomic E-state index is 0.0465. The molecule has 33 heavy (non-hydrogen) atoms. The minimum atomic E-state index is -0.0558. The van der Waals surface area contributed by atoms with Gasteiger partial charge in [-0.3, -0.25) is 18.6 Å². The van der Waals surface area contributed by atoms with Gasteiger partial charge in [-0.05, 0) is 30.5 Å². The zero-order valence-corrected chi connectivity index (χ0v) is 19.8. The summed E-state index contributed by atoms with van der Waals surface area (Å²) < 4.78 is 3.58. The average molecular weight is 464 g/mol. The highest BCUT2D eigenvalue weighted by Gasteiger charge is 2.18. The highest BCUT2D eigenvalue weighted by molar-refractivity contribution is 7.99. The molecule has 2 aromatic heterocycles. The van der Waals surface area contributed by atoms with Crippen molar-refractivity contribution in [1.82, 2.24) is 24.5 Å². The molecule has 0 fully saturated rings. The second-order valence-corrected chi connectivity index (χ2v) is 9.00. The molecule has 172 valence electrons. The molecule has 1 atom stereocenters. The van der Waals surface area contributed by atoms with Crippen LogP contribution >= 0.6 is 11.8 Å². The first kappa shape index (κ1) is 23.0. The van der Waals surface area contributed by atoms with Gasteiger partial charge in [0.05, 0.1) is 16.7 Å². The molecule has 1 amide bonds. The van der Waals surface area contributed by atoms with Gasteiger partial charge in [0.2, 0.25) is 11.7 Å². The van der Waals surface area contributed by atoms with Crippen LogP contribution in [0.4, 0.5) is 0 Å². The van der Waals surface area contributed by atoms with Gasteiger partial charge < -0.3 is 5.32 Å². The molecule has 1 unspecified atom stereocenters. The van der Waals surface area contributed by atoms with E-state index in [1.165, 1.54) is 17.3 Å². The van der Waals surface area contributed by atoms with E-state index in [9.17, 15) is 9.59 Å². The van der Waals surface area contributed by atoms with Crippen molar-refractivity contribution in [2.75, 3.05) is 12.3 Å². The quantitative estimate of drug-likeness (QED) is 0.356. The number of benzene rings is 2. The fourth-order valence-corrected chi connectivity index (χ4v) is 4.76. The van der Waals surface area contributed by atoms with Crippen LogP contribution in [0.5, 0.6) is 0 Å². The van der Waals surface area contributed by atoms with Crippen LogP contribution in [0.2, 0.25) is 0 Å². The number of para-hydroxylation sites is 1. The normalized spacial score (nSPS) is 12.3. The van der Waals surface area contributed by atoms with E-state index in [1.54, 1.807) is 4.57 Å². The fourth-order valence-electron chi connectivity index (χ4n) is 3.99. The molecule has 1 N–H and O–H groups in total. The summed E-state index contributed by atoms with van der Waals surface area (Å²) in [5.74, 6) is 0.986. The number of carbonyl (C=O) groups excluding carboxylic acids is 1. The van der Waals surface area contributed by atoms with E-state index in [1.807, 2.05) is 46.9 Å². The van der Waals surface area contributed by atoms with Crippen molar-refractivity contribution < 1.29 is 4.79 Å². The van der Waals surface area contributed by atoms with Gasteiger partial charge in [0.1, 0.15) is 0 Å². The molecule has 7 nitrogen and oxygen atoms in total. The van der Waals surface area contributed by atoms with Crippen LogP contribution in [0.1, 0.15) is 44.6 Å². The van der Waals surface area contributed by atoms with Gasteiger partial charge in [-0.15, -0.1) is 10.2 Å². The number of hydrogen-bond acceptors (Lipinski definition) is 5. The Morgan fingerprint density at radius 3 is 2.58 bits per heavy atom. The Morgan fingerprint density at radius 1 is 1.06 bits per heavy atom. The van der Waals surface area contributed by atoms with Crippen LogP contribution in [0, 0.1) is 0 Å². The van der Waals surface area contributed by atoms with E-state index in [0.717, 1.165) is 24.8 Å². The van der Waals surface area contributed by atoms with Crippen molar-refractivity contribution in [2.45, 2.75) is 50.7 Å². The maximum atomic E-state index is 13.0. The first-order valence-corrected chi connectivity index (χ1v) is 12.4. The summed E-state index contributed by atoms with van der Waals surface area (Å²) in [6.45, 7) is 5.41. The number of rotatable bonds is 10. The van der Waals surface area contributed by atoms with Gasteiger partial charge in [-0.1, -0.05) is 74.5 Å². The Morgan fingerprint density at radius 2 is 1.82 bits per heavy atom. The largest absolute Gasteiger partial charge is 0.355 e. The first-order valence-electron chi connectivity index (χ1n) is 11.4. The van der Waals surface area contributed by atoms with Gasteiger partial charge in [0, 0.05) is 19.0 Å². The molecule has 0 aliphatic rings. The van der Waals surface area contributed by atoms with E-state index in [-0.39, 0.29) is 23.1 Å². The smallest absolute Gasteiger partial charge is 0.262 e. The summed E-state index contributed by atoms with van der Waals surface area (Å²) in [7, 11) is 0. The Bertz CT molecular complexity index is 1300. The second-order valence-electron chi connectivity index (χ2n) is 8.05. The minimum Gasteiger partial charge on any atom is -0.355 e. The van der Waals surface area contributed by atoms with Crippen molar-refractivity contribution in [2.24, 2.45) is 0 Å². The number of nitrogens with zero attached hydrogens (tertiary/aromatic N) is 4. The van der Waals surface area contributed by atoms with Gasteiger partial charge in [-0.25, -0.2) is 0 Å². The maximum absolute atomic E-state index is 13.0. The van der Waals surface area contributed by atoms with E-state index in [4.69, 9.17) is 0 Å². The lowest BCUT2D eigenvalue weighted by molar-refractivity contribution is -0.118. The van der Waals surface area contributed by atoms with Crippen molar-refractivity contribution >= 4 is 34.3 Å². The molecule has 2 heterocycles. The third-order valence-electron chi connectivity index (χ3n) is 5.86. The lowest BCUT2D eigenvalue weighted by atomic mass is 9.96. The molecule has 8 heteroatoms. The van der Waals surface area contributed by atoms with E-state index in [2.05, 4.69) is 41.5 Å². The third-order valence-corrected chi connectivity index (χ3v) is 6.78. The number of carbonyl (C=O) groups is 1. The summed E-state index contributed by atoms with van der Waals surface area (Å²) in [4.78, 5) is 25.6. The van der Waals surface area contributed by atoms with Crippen LogP contribution < -0.4 is 10.9 Å². The topological polar surface area (TPSA) is 81.3 Å². The molecule has 0 aliphatic carbocycles. The lowest BCUT2D eigenvalue weighted by Crippen LogP contribution is -2.29. The van der Waals surface area contributed by atoms with Crippen molar-refractivity contribution in [3.8, 4) is 0 Å². The highest BCUT2D eigenvalue weighted by Crippen LogP contribution is 2.22. The number of aryl methyl sites for hydroxylation is 1. The number of nitrogens with one attached hydrogen (secondary N) is 1. The predicted octanol–water partition coefficient (Wildman–Crippen LogP) is 4.25. The van der Waals surface area contributed by atoms with Gasteiger partial charge in [-0.2, -0.15) is 0 Å². The van der Waals surface area contributed by atoms with Crippen molar-refractivity contribution in [1.29, 1.82) is 0 Å². The molecule has 0 saturated heterocycles. The van der Waals surface area contributed by atoms with Gasteiger partial charge >= 0.3 is 0 Å². The number of aromatic nitrogens is 4. The molecule has 4 rings (SSSR count). The van der Waals surface area contributed by atoms with Crippen LogP contribution in [0.25, 0.3) is 16.7 Å². The third kappa shape index (κ3) is 4.95. The molecule has 0 saturated carbocycles. The standard InChI is InChI=1S/C25H29N5O2S/c1-3-5-15-29-23(32)20-13-9-10-14-21(20)30-24(29)27-28-25(30)33-17-22(31)26-16-18(4-2)19-11-7-6-8-12-19/h6-14,18H,3-5,15-17H2,1-2H3,(H,26,31). The Labute approximate surface area is 197 Å². The summed E-state index contributed by atoms with van der Waals surface area (Å²) in [5.41, 5.74) is 1.93. The zero-order valence-electron chi connectivity index (χ0n) is 19.0. The molecule has 0 aliphatic heterocycles. The number of hydrogen-bond donors (Lipinski definition) is 1. The maximum Gasteiger partial charge on any atom is 0.262 e. The van der Waals surface area contributed by atoms with Gasteiger partial charge in [0.15, 0.2) is 5.16 Å². The van der Waals surface area contributed by atoms with Crippen molar-refractivity contribution in [3.05, 3.63) is 70.5 Å². The van der Waals surface area contributed by atoms with Crippen molar-refractivity contribution in [3.63, 3.8) is 0 Å². The fraction of sp³-hybridized carbons (Fsp3) is 0.360. The summed E-state index contributed by atoms with van der Waals surface area (Å²) >= 11 is 1.33. The lowest BCUT2D eigenvalue weighted by Gasteiger charge is -2.16. The number of thioether (sulfide) groups is 1. The number of unbranched alkanes of at least 4 members (excludes halogenated alkanes) is 1. The Hall–Kier alpha value is -3.13. The number of fused-ring (bicyclic) bond motifs is 3. The molecule has 4 aromatic rings. The monoisotopic (exact) mass is 463 g/mol. The highest BCUT2D eigenvalue weighted by atomic mass is 32.2. The molecule has 2 aromatic carbocycles. The molecule has 0 spiro atoms. The predicted molar refractivity (Wildman–Crippen MR) is 133 cm³/mol. The Kier molecular flexibility index (Phi) is 7.44. The molecular weight excluding hydrogens is 434 g/mol. The molecule has 0 bridgehead atoms. The molecular formula is C25H29N5O2S. The van der Waals surface area contributed by atoms with E-state index >= 15 is 0 Å². The summed E-state index contributed by atoms with van der Waals surface area (Å²) in [6, 6.07) is 17.7. The summed E-state index contributed by atoms with van der Waals surface area (Å²) in [6.07, 6.45) is 2.81.